The number of aliphatic carboxylic acids is 1. The van der Waals surface area contributed by atoms with E-state index < -0.39 is 5.97 Å². The molecule has 0 unspecified atom stereocenters. The third-order valence-corrected chi connectivity index (χ3v) is 5.94. The van der Waals surface area contributed by atoms with Gasteiger partial charge in [-0.15, -0.1) is 0 Å². The Morgan fingerprint density at radius 3 is 2.87 bits per heavy atom. The number of carboxylic acids is 1. The number of aromatic nitrogens is 2. The summed E-state index contributed by atoms with van der Waals surface area (Å²) in [4.78, 5) is 23.6. The molecule has 1 aromatic heterocycles. The van der Waals surface area contributed by atoms with Gasteiger partial charge in [-0.25, -0.2) is 0 Å². The monoisotopic (exact) mass is 317 g/mol. The van der Waals surface area contributed by atoms with E-state index in [9.17, 15) is 14.7 Å². The first kappa shape index (κ1) is 14.7. The third-order valence-electron chi connectivity index (χ3n) is 5.94. The number of nitrogens with zero attached hydrogens (tertiary/aromatic N) is 2. The summed E-state index contributed by atoms with van der Waals surface area (Å²) < 4.78 is 2.03. The Balaban J connectivity index is 1.35. The van der Waals surface area contributed by atoms with Crippen molar-refractivity contribution in [3.05, 3.63) is 17.5 Å². The maximum Gasteiger partial charge on any atom is 0.306 e. The van der Waals surface area contributed by atoms with Crippen molar-refractivity contribution in [3.63, 3.8) is 0 Å². The summed E-state index contributed by atoms with van der Waals surface area (Å²) >= 11 is 0. The van der Waals surface area contributed by atoms with Crippen molar-refractivity contribution in [1.29, 1.82) is 0 Å². The Kier molecular flexibility index (Phi) is 3.62. The quantitative estimate of drug-likeness (QED) is 0.878. The van der Waals surface area contributed by atoms with E-state index in [0.717, 1.165) is 37.8 Å². The number of amides is 1. The van der Waals surface area contributed by atoms with Crippen LogP contribution >= 0.6 is 0 Å². The Morgan fingerprint density at radius 1 is 1.26 bits per heavy atom. The lowest BCUT2D eigenvalue weighted by Crippen LogP contribution is -2.41. The van der Waals surface area contributed by atoms with Gasteiger partial charge in [-0.1, -0.05) is 0 Å². The fraction of sp³-hybridized carbons (Fsp3) is 0.706. The van der Waals surface area contributed by atoms with Crippen LogP contribution in [0.5, 0.6) is 0 Å². The largest absolute Gasteiger partial charge is 0.481 e. The molecule has 6 heteroatoms. The van der Waals surface area contributed by atoms with Crippen LogP contribution in [0.15, 0.2) is 6.20 Å². The highest BCUT2D eigenvalue weighted by Gasteiger charge is 2.49. The molecule has 1 amide bonds. The molecule has 4 rings (SSSR count). The lowest BCUT2D eigenvalue weighted by molar-refractivity contribution is -0.143. The number of carbonyl (C=O) groups is 2. The minimum absolute atomic E-state index is 0.0517. The van der Waals surface area contributed by atoms with Gasteiger partial charge in [0.05, 0.1) is 18.5 Å². The first-order valence-corrected chi connectivity index (χ1v) is 8.67. The van der Waals surface area contributed by atoms with Gasteiger partial charge in [0.1, 0.15) is 0 Å². The minimum atomic E-state index is -0.672. The highest BCUT2D eigenvalue weighted by Crippen LogP contribution is 2.48. The van der Waals surface area contributed by atoms with Crippen LogP contribution < -0.4 is 5.32 Å². The van der Waals surface area contributed by atoms with Gasteiger partial charge in [0.2, 0.25) is 5.91 Å². The van der Waals surface area contributed by atoms with Crippen molar-refractivity contribution in [2.45, 2.75) is 57.5 Å². The van der Waals surface area contributed by atoms with E-state index in [1.54, 1.807) is 0 Å². The molecule has 2 aliphatic carbocycles. The second-order valence-electron chi connectivity index (χ2n) is 7.32. The zero-order valence-electron chi connectivity index (χ0n) is 13.2. The van der Waals surface area contributed by atoms with Gasteiger partial charge in [0.15, 0.2) is 0 Å². The van der Waals surface area contributed by atoms with Crippen LogP contribution in [-0.2, 0) is 29.0 Å². The van der Waals surface area contributed by atoms with Gasteiger partial charge in [-0.3, -0.25) is 14.3 Å². The van der Waals surface area contributed by atoms with Crippen LogP contribution in [0.4, 0.5) is 0 Å². The fourth-order valence-corrected chi connectivity index (χ4v) is 4.82. The summed E-state index contributed by atoms with van der Waals surface area (Å²) in [5.41, 5.74) is 2.26. The highest BCUT2D eigenvalue weighted by molar-refractivity contribution is 5.79. The second-order valence-corrected chi connectivity index (χ2v) is 7.32. The molecule has 1 aliphatic heterocycles. The maximum absolute atomic E-state index is 12.4. The standard InChI is InChI=1S/C17H23N3O3/c21-16(8-12-9-18-20-4-2-1-3-15(12)20)19-14-7-10-5-11(14)6-13(10)17(22)23/h9-11,13-14H,1-8H2,(H,19,21)(H,22,23)/t10-,11-,13-,14-/m1/s1. The molecule has 1 aromatic rings. The van der Waals surface area contributed by atoms with Gasteiger partial charge < -0.3 is 10.4 Å². The number of aryl methyl sites for hydroxylation is 1. The number of carboxylic acid groups (broad SMARTS) is 1. The molecule has 0 spiro atoms. The molecule has 3 aliphatic rings. The lowest BCUT2D eigenvalue weighted by Gasteiger charge is -2.26. The van der Waals surface area contributed by atoms with Crippen LogP contribution in [0.2, 0.25) is 0 Å². The first-order valence-electron chi connectivity index (χ1n) is 8.67. The molecule has 6 nitrogen and oxygen atoms in total. The van der Waals surface area contributed by atoms with Gasteiger partial charge in [0, 0.05) is 23.8 Å². The molecular weight excluding hydrogens is 294 g/mol. The van der Waals surface area contributed by atoms with Crippen LogP contribution in [-0.4, -0.2) is 32.8 Å². The van der Waals surface area contributed by atoms with E-state index in [1.165, 1.54) is 12.1 Å². The van der Waals surface area contributed by atoms with Crippen LogP contribution in [0.1, 0.15) is 43.4 Å². The minimum Gasteiger partial charge on any atom is -0.481 e. The van der Waals surface area contributed by atoms with E-state index in [0.29, 0.717) is 18.8 Å². The summed E-state index contributed by atoms with van der Waals surface area (Å²) in [5.74, 6) is -0.238. The summed E-state index contributed by atoms with van der Waals surface area (Å²) in [5, 5.41) is 16.7. The predicted octanol–water partition coefficient (Wildman–Crippen LogP) is 1.38. The Labute approximate surface area is 135 Å². The van der Waals surface area contributed by atoms with Gasteiger partial charge >= 0.3 is 5.97 Å². The van der Waals surface area contributed by atoms with Crippen molar-refractivity contribution in [3.8, 4) is 0 Å². The SMILES string of the molecule is O=C(Cc1cnn2c1CCCC2)N[C@@H]1C[C@H]2C[C@@H]1C[C@H]2C(=O)O. The number of rotatable bonds is 4. The number of carbonyl (C=O) groups excluding carboxylic acids is 1. The van der Waals surface area contributed by atoms with Gasteiger partial charge in [-0.2, -0.15) is 5.10 Å². The van der Waals surface area contributed by atoms with Crippen LogP contribution in [0.3, 0.4) is 0 Å². The number of hydrogen-bond acceptors (Lipinski definition) is 3. The average Bonchev–Trinajstić information content (AvgIpc) is 3.21. The van der Waals surface area contributed by atoms with E-state index in [-0.39, 0.29) is 23.8 Å². The molecule has 0 saturated heterocycles. The number of fused-ring (bicyclic) bond motifs is 3. The van der Waals surface area contributed by atoms with Crippen molar-refractivity contribution in [2.24, 2.45) is 17.8 Å². The Bertz CT molecular complexity index is 639. The van der Waals surface area contributed by atoms with E-state index in [1.807, 2.05) is 10.9 Å². The van der Waals surface area contributed by atoms with Crippen molar-refractivity contribution in [2.75, 3.05) is 0 Å². The number of hydrogen-bond donors (Lipinski definition) is 2. The zero-order valence-corrected chi connectivity index (χ0v) is 13.2. The number of nitrogens with one attached hydrogen (secondary N) is 1. The van der Waals surface area contributed by atoms with Crippen LogP contribution in [0, 0.1) is 17.8 Å². The van der Waals surface area contributed by atoms with E-state index in [4.69, 9.17) is 0 Å². The molecule has 2 bridgehead atoms. The van der Waals surface area contributed by atoms with E-state index >= 15 is 0 Å². The average molecular weight is 317 g/mol. The second kappa shape index (κ2) is 5.65. The molecule has 4 atom stereocenters. The first-order chi connectivity index (χ1) is 11.1. The Hall–Kier alpha value is -1.85. The molecule has 2 fully saturated rings. The lowest BCUT2D eigenvalue weighted by atomic mass is 9.86. The summed E-state index contributed by atoms with van der Waals surface area (Å²) in [7, 11) is 0. The summed E-state index contributed by atoms with van der Waals surface area (Å²) in [6.45, 7) is 0.958. The van der Waals surface area contributed by atoms with Crippen molar-refractivity contribution >= 4 is 11.9 Å². The molecule has 2 N–H and O–H groups in total. The predicted molar refractivity (Wildman–Crippen MR) is 82.8 cm³/mol. The van der Waals surface area contributed by atoms with Crippen molar-refractivity contribution in [1.82, 2.24) is 15.1 Å². The molecule has 2 saturated carbocycles. The molecular formula is C17H23N3O3. The molecule has 2 heterocycles. The third kappa shape index (κ3) is 2.64. The molecule has 0 aromatic carbocycles. The van der Waals surface area contributed by atoms with Crippen molar-refractivity contribution < 1.29 is 14.7 Å². The van der Waals surface area contributed by atoms with E-state index in [2.05, 4.69) is 10.4 Å². The maximum atomic E-state index is 12.4. The Morgan fingerprint density at radius 2 is 2.13 bits per heavy atom. The molecule has 23 heavy (non-hydrogen) atoms. The highest BCUT2D eigenvalue weighted by atomic mass is 16.4. The smallest absolute Gasteiger partial charge is 0.306 e. The molecule has 124 valence electrons. The van der Waals surface area contributed by atoms with Gasteiger partial charge in [0.25, 0.3) is 0 Å². The molecule has 0 radical (unpaired) electrons. The zero-order chi connectivity index (χ0) is 16.0. The summed E-state index contributed by atoms with van der Waals surface area (Å²) in [6.07, 6.45) is 8.06. The fourth-order valence-electron chi connectivity index (χ4n) is 4.82. The van der Waals surface area contributed by atoms with Gasteiger partial charge in [-0.05, 0) is 50.4 Å². The summed E-state index contributed by atoms with van der Waals surface area (Å²) in [6, 6.07) is 0.162. The van der Waals surface area contributed by atoms with Crippen LogP contribution in [0.25, 0.3) is 0 Å². The topological polar surface area (TPSA) is 84.2 Å². The normalized spacial score (nSPS) is 31.8.